The molecule has 0 amide bonds. The summed E-state index contributed by atoms with van der Waals surface area (Å²) in [5, 5.41) is 12.1. The fraction of sp³-hybridized carbons (Fsp3) is 0.222. The van der Waals surface area contributed by atoms with Crippen molar-refractivity contribution in [2.75, 3.05) is 7.11 Å². The molecule has 3 aromatic rings. The van der Waals surface area contributed by atoms with Crippen molar-refractivity contribution >= 4 is 0 Å². The van der Waals surface area contributed by atoms with Crippen molar-refractivity contribution in [2.45, 2.75) is 12.1 Å². The van der Waals surface area contributed by atoms with Gasteiger partial charge in [-0.2, -0.15) is 42.3 Å². The zero-order valence-electron chi connectivity index (χ0n) is 15.4. The lowest BCUT2D eigenvalue weighted by atomic mass is 10.1. The van der Waals surface area contributed by atoms with E-state index < -0.39 is 23.7 Å². The van der Waals surface area contributed by atoms with Gasteiger partial charge in [-0.15, -0.1) is 0 Å². The van der Waals surface area contributed by atoms with Gasteiger partial charge >= 0.3 is 12.1 Å². The maximum atomic E-state index is 13.5. The van der Waals surface area contributed by atoms with Crippen LogP contribution in [-0.4, -0.2) is 33.0 Å². The molecule has 12 heteroatoms. The van der Waals surface area contributed by atoms with Gasteiger partial charge in [0, 0.05) is 18.7 Å². The van der Waals surface area contributed by atoms with Gasteiger partial charge in [0.2, 0.25) is 17.6 Å². The highest BCUT2D eigenvalue weighted by atomic mass is 19.4. The second kappa shape index (κ2) is 7.58. The molecule has 0 bridgehead atoms. The predicted octanol–water partition coefficient (Wildman–Crippen LogP) is 4.20. The van der Waals surface area contributed by atoms with Gasteiger partial charge in [-0.05, 0) is 24.3 Å². The molecule has 0 radical (unpaired) electrons. The van der Waals surface area contributed by atoms with Gasteiger partial charge in [-0.25, -0.2) is 4.68 Å². The number of hydrogen-bond acceptors (Lipinski definition) is 6. The Bertz CT molecular complexity index is 1100. The van der Waals surface area contributed by atoms with E-state index in [4.69, 9.17) is 14.7 Å². The predicted molar refractivity (Wildman–Crippen MR) is 92.0 cm³/mol. The summed E-state index contributed by atoms with van der Waals surface area (Å²) < 4.78 is 76.0. The molecule has 156 valence electrons. The molecule has 30 heavy (non-hydrogen) atoms. The van der Waals surface area contributed by atoms with E-state index in [0.29, 0.717) is 17.2 Å². The minimum absolute atomic E-state index is 0.0578. The number of aromatic nitrogens is 4. The Balaban J connectivity index is 1.96. The van der Waals surface area contributed by atoms with Crippen LogP contribution in [0, 0.1) is 11.3 Å². The molecular formula is C18H12F5N5O2. The van der Waals surface area contributed by atoms with E-state index in [1.165, 1.54) is 25.3 Å². The van der Waals surface area contributed by atoms with Gasteiger partial charge in [-0.1, -0.05) is 0 Å². The SMILES string of the molecule is COc1cc(Oc2cc(C(F)(F)C(F)(F)F)nn2C)nc(-c2ccc(C#N)cc2)n1. The number of nitrogens with zero attached hydrogens (tertiary/aromatic N) is 5. The molecule has 0 aliphatic heterocycles. The molecule has 0 atom stereocenters. The van der Waals surface area contributed by atoms with Crippen LogP contribution in [0.5, 0.6) is 17.6 Å². The molecule has 0 N–H and O–H groups in total. The summed E-state index contributed by atoms with van der Waals surface area (Å²) in [6.45, 7) is 0. The zero-order chi connectivity index (χ0) is 22.1. The number of nitriles is 1. The molecule has 0 saturated heterocycles. The van der Waals surface area contributed by atoms with Crippen molar-refractivity contribution in [3.05, 3.63) is 47.7 Å². The summed E-state index contributed by atoms with van der Waals surface area (Å²) in [5.41, 5.74) is -0.612. The Morgan fingerprint density at radius 2 is 1.63 bits per heavy atom. The van der Waals surface area contributed by atoms with Crippen LogP contribution in [-0.2, 0) is 13.0 Å². The molecule has 1 aromatic carbocycles. The standard InChI is InChI=1S/C18H12F5N5O2/c1-28-15(7-12(27-28)17(19,20)18(21,22)23)30-14-8-13(29-2)25-16(26-14)11-5-3-10(9-24)4-6-11/h3-8H,1-2H3. The molecule has 2 heterocycles. The maximum Gasteiger partial charge on any atom is 0.459 e. The third kappa shape index (κ3) is 4.00. The molecule has 0 spiro atoms. The monoisotopic (exact) mass is 425 g/mol. The summed E-state index contributed by atoms with van der Waals surface area (Å²) in [5.74, 6) is -5.55. The van der Waals surface area contributed by atoms with Gasteiger partial charge in [0.15, 0.2) is 5.82 Å². The summed E-state index contributed by atoms with van der Waals surface area (Å²) in [6.07, 6.45) is -5.81. The Hall–Kier alpha value is -3.75. The number of alkyl halides is 5. The van der Waals surface area contributed by atoms with Crippen LogP contribution in [0.25, 0.3) is 11.4 Å². The normalized spacial score (nSPS) is 11.8. The second-order valence-electron chi connectivity index (χ2n) is 5.93. The highest BCUT2D eigenvalue weighted by Gasteiger charge is 2.60. The molecular weight excluding hydrogens is 413 g/mol. The molecule has 0 aliphatic rings. The van der Waals surface area contributed by atoms with Crippen molar-refractivity contribution in [3.8, 4) is 35.1 Å². The summed E-state index contributed by atoms with van der Waals surface area (Å²) in [4.78, 5) is 8.25. The Labute approximate surface area is 166 Å². The van der Waals surface area contributed by atoms with E-state index in [9.17, 15) is 22.0 Å². The van der Waals surface area contributed by atoms with Crippen LogP contribution in [0.4, 0.5) is 22.0 Å². The van der Waals surface area contributed by atoms with Crippen molar-refractivity contribution < 1.29 is 31.4 Å². The molecule has 0 aliphatic carbocycles. The van der Waals surface area contributed by atoms with E-state index in [0.717, 1.165) is 11.7 Å². The van der Waals surface area contributed by atoms with Gasteiger partial charge in [0.25, 0.3) is 0 Å². The highest BCUT2D eigenvalue weighted by molar-refractivity contribution is 5.57. The summed E-state index contributed by atoms with van der Waals surface area (Å²) >= 11 is 0. The lowest BCUT2D eigenvalue weighted by Gasteiger charge is -2.16. The molecule has 0 fully saturated rings. The first-order chi connectivity index (χ1) is 14.0. The van der Waals surface area contributed by atoms with Crippen molar-refractivity contribution in [1.82, 2.24) is 19.7 Å². The van der Waals surface area contributed by atoms with Gasteiger partial charge in [0.05, 0.1) is 24.8 Å². The first-order valence-corrected chi connectivity index (χ1v) is 8.15. The molecule has 3 rings (SSSR count). The fourth-order valence-electron chi connectivity index (χ4n) is 2.34. The van der Waals surface area contributed by atoms with E-state index in [-0.39, 0.29) is 17.6 Å². The van der Waals surface area contributed by atoms with Crippen LogP contribution >= 0.6 is 0 Å². The van der Waals surface area contributed by atoms with Crippen molar-refractivity contribution in [3.63, 3.8) is 0 Å². The first kappa shape index (κ1) is 21.0. The number of methoxy groups -OCH3 is 1. The maximum absolute atomic E-state index is 13.5. The number of halogens is 5. The lowest BCUT2D eigenvalue weighted by Crippen LogP contribution is -2.34. The fourth-order valence-corrected chi connectivity index (χ4v) is 2.34. The number of rotatable bonds is 5. The number of ether oxygens (including phenoxy) is 2. The third-order valence-electron chi connectivity index (χ3n) is 3.88. The lowest BCUT2D eigenvalue weighted by molar-refractivity contribution is -0.291. The largest absolute Gasteiger partial charge is 0.481 e. The van der Waals surface area contributed by atoms with Gasteiger partial charge < -0.3 is 9.47 Å². The highest BCUT2D eigenvalue weighted by Crippen LogP contribution is 2.44. The van der Waals surface area contributed by atoms with E-state index in [1.807, 2.05) is 6.07 Å². The van der Waals surface area contributed by atoms with Crippen LogP contribution in [0.3, 0.4) is 0 Å². The Morgan fingerprint density at radius 3 is 2.20 bits per heavy atom. The molecule has 7 nitrogen and oxygen atoms in total. The van der Waals surface area contributed by atoms with Crippen molar-refractivity contribution in [2.24, 2.45) is 7.05 Å². The third-order valence-corrected chi connectivity index (χ3v) is 3.88. The minimum Gasteiger partial charge on any atom is -0.481 e. The number of aryl methyl sites for hydroxylation is 1. The quantitative estimate of drug-likeness (QED) is 0.570. The summed E-state index contributed by atoms with van der Waals surface area (Å²) in [7, 11) is 2.46. The average Bonchev–Trinajstić information content (AvgIpc) is 3.08. The van der Waals surface area contributed by atoms with Crippen LogP contribution in [0.2, 0.25) is 0 Å². The van der Waals surface area contributed by atoms with E-state index in [2.05, 4.69) is 15.1 Å². The van der Waals surface area contributed by atoms with Crippen molar-refractivity contribution in [1.29, 1.82) is 5.26 Å². The Morgan fingerprint density at radius 1 is 1.00 bits per heavy atom. The molecule has 0 saturated carbocycles. The van der Waals surface area contributed by atoms with E-state index in [1.54, 1.807) is 12.1 Å². The molecule has 0 unspecified atom stereocenters. The Kier molecular flexibility index (Phi) is 5.30. The van der Waals surface area contributed by atoms with Gasteiger partial charge in [0.1, 0.15) is 5.69 Å². The number of hydrogen-bond donors (Lipinski definition) is 0. The smallest absolute Gasteiger partial charge is 0.459 e. The number of benzene rings is 1. The van der Waals surface area contributed by atoms with Gasteiger partial charge in [-0.3, -0.25) is 0 Å². The average molecular weight is 425 g/mol. The van der Waals surface area contributed by atoms with E-state index >= 15 is 0 Å². The van der Waals surface area contributed by atoms with Crippen LogP contribution < -0.4 is 9.47 Å². The van der Waals surface area contributed by atoms with Crippen LogP contribution in [0.1, 0.15) is 11.3 Å². The second-order valence-corrected chi connectivity index (χ2v) is 5.93. The molecule has 2 aromatic heterocycles. The summed E-state index contributed by atoms with van der Waals surface area (Å²) in [6, 6.07) is 9.87. The van der Waals surface area contributed by atoms with Crippen LogP contribution in [0.15, 0.2) is 36.4 Å². The topological polar surface area (TPSA) is 85.9 Å². The first-order valence-electron chi connectivity index (χ1n) is 8.15. The minimum atomic E-state index is -5.81. The zero-order valence-corrected chi connectivity index (χ0v) is 15.4.